The van der Waals surface area contributed by atoms with Crippen molar-refractivity contribution in [2.24, 2.45) is 5.92 Å². The van der Waals surface area contributed by atoms with Crippen LogP contribution in [0.3, 0.4) is 0 Å². The van der Waals surface area contributed by atoms with Gasteiger partial charge in [-0.05, 0) is 53.9 Å². The fraction of sp³-hybridized carbons (Fsp3) is 0.214. The molecule has 1 unspecified atom stereocenters. The number of ether oxygens (including phenoxy) is 2. The third-order valence-electron chi connectivity index (χ3n) is 5.63. The van der Waals surface area contributed by atoms with Crippen molar-refractivity contribution in [3.05, 3.63) is 95.3 Å². The second-order valence-corrected chi connectivity index (χ2v) is 8.66. The van der Waals surface area contributed by atoms with Gasteiger partial charge in [0.2, 0.25) is 0 Å². The molecule has 0 aromatic heterocycles. The number of nitrogens with zero attached hydrogens (tertiary/aromatic N) is 1. The quantitative estimate of drug-likeness (QED) is 0.278. The SMILES string of the molecule is COc1cccc(C2/C(=C(\O)c3cccc(OCC(C)C)c3)C(=O)C(=O)N2c2cccc(F)c2)c1. The molecule has 1 N–H and O–H groups in total. The zero-order valence-corrected chi connectivity index (χ0v) is 19.7. The smallest absolute Gasteiger partial charge is 0.300 e. The first-order valence-electron chi connectivity index (χ1n) is 11.2. The van der Waals surface area contributed by atoms with Crippen molar-refractivity contribution in [1.29, 1.82) is 0 Å². The van der Waals surface area contributed by atoms with Crippen molar-refractivity contribution in [3.63, 3.8) is 0 Å². The maximum atomic E-state index is 14.1. The van der Waals surface area contributed by atoms with Crippen LogP contribution in [0, 0.1) is 11.7 Å². The van der Waals surface area contributed by atoms with E-state index >= 15 is 0 Å². The van der Waals surface area contributed by atoms with E-state index in [2.05, 4.69) is 0 Å². The summed E-state index contributed by atoms with van der Waals surface area (Å²) >= 11 is 0. The molecule has 1 aliphatic rings. The van der Waals surface area contributed by atoms with Crippen LogP contribution in [0.25, 0.3) is 5.76 Å². The molecule has 1 amide bonds. The molecule has 0 spiro atoms. The van der Waals surface area contributed by atoms with Crippen LogP contribution in [0.5, 0.6) is 11.5 Å². The number of Topliss-reactive ketones (excluding diaryl/α,β-unsaturated/α-hetero) is 1. The topological polar surface area (TPSA) is 76.1 Å². The van der Waals surface area contributed by atoms with Crippen LogP contribution < -0.4 is 14.4 Å². The number of aliphatic hydroxyl groups is 1. The summed E-state index contributed by atoms with van der Waals surface area (Å²) in [5, 5.41) is 11.3. The number of ketones is 1. The predicted octanol–water partition coefficient (Wildman–Crippen LogP) is 5.50. The van der Waals surface area contributed by atoms with Gasteiger partial charge >= 0.3 is 0 Å². The van der Waals surface area contributed by atoms with E-state index in [-0.39, 0.29) is 17.0 Å². The second-order valence-electron chi connectivity index (χ2n) is 8.66. The van der Waals surface area contributed by atoms with Gasteiger partial charge in [0.25, 0.3) is 11.7 Å². The predicted molar refractivity (Wildman–Crippen MR) is 131 cm³/mol. The van der Waals surface area contributed by atoms with Crippen molar-refractivity contribution in [1.82, 2.24) is 0 Å². The number of halogens is 1. The lowest BCUT2D eigenvalue weighted by Crippen LogP contribution is -2.29. The van der Waals surface area contributed by atoms with E-state index in [0.29, 0.717) is 35.2 Å². The average molecular weight is 476 g/mol. The van der Waals surface area contributed by atoms with Gasteiger partial charge in [-0.25, -0.2) is 4.39 Å². The summed E-state index contributed by atoms with van der Waals surface area (Å²) in [4.78, 5) is 27.7. The Morgan fingerprint density at radius 1 is 1.00 bits per heavy atom. The number of hydrogen-bond acceptors (Lipinski definition) is 5. The molecule has 0 bridgehead atoms. The zero-order chi connectivity index (χ0) is 25.1. The molecular weight excluding hydrogens is 449 g/mol. The van der Waals surface area contributed by atoms with E-state index < -0.39 is 23.5 Å². The summed E-state index contributed by atoms with van der Waals surface area (Å²) in [6.45, 7) is 4.52. The number of methoxy groups -OCH3 is 1. The number of benzene rings is 3. The molecule has 6 nitrogen and oxygen atoms in total. The molecule has 1 heterocycles. The van der Waals surface area contributed by atoms with Gasteiger partial charge in [-0.2, -0.15) is 0 Å². The lowest BCUT2D eigenvalue weighted by atomic mass is 9.95. The molecule has 1 fully saturated rings. The fourth-order valence-corrected chi connectivity index (χ4v) is 4.00. The molecule has 35 heavy (non-hydrogen) atoms. The van der Waals surface area contributed by atoms with Crippen LogP contribution >= 0.6 is 0 Å². The highest BCUT2D eigenvalue weighted by molar-refractivity contribution is 6.51. The Kier molecular flexibility index (Phi) is 6.87. The van der Waals surface area contributed by atoms with Crippen LogP contribution in [0.15, 0.2) is 78.4 Å². The Hall–Kier alpha value is -4.13. The van der Waals surface area contributed by atoms with Gasteiger partial charge in [0.1, 0.15) is 23.1 Å². The molecular formula is C28H26FNO5. The van der Waals surface area contributed by atoms with E-state index in [1.54, 1.807) is 54.6 Å². The van der Waals surface area contributed by atoms with Crippen LogP contribution in [-0.4, -0.2) is 30.5 Å². The number of rotatable bonds is 7. The minimum atomic E-state index is -0.993. The molecule has 180 valence electrons. The first-order valence-corrected chi connectivity index (χ1v) is 11.2. The lowest BCUT2D eigenvalue weighted by molar-refractivity contribution is -0.132. The van der Waals surface area contributed by atoms with Crippen LogP contribution in [-0.2, 0) is 9.59 Å². The van der Waals surface area contributed by atoms with Crippen LogP contribution in [0.4, 0.5) is 10.1 Å². The zero-order valence-electron chi connectivity index (χ0n) is 19.7. The van der Waals surface area contributed by atoms with Gasteiger partial charge in [0.05, 0.1) is 25.3 Å². The minimum Gasteiger partial charge on any atom is -0.507 e. The van der Waals surface area contributed by atoms with Gasteiger partial charge in [0, 0.05) is 11.3 Å². The fourth-order valence-electron chi connectivity index (χ4n) is 4.00. The molecule has 7 heteroatoms. The number of hydrogen-bond donors (Lipinski definition) is 1. The first-order chi connectivity index (χ1) is 16.8. The minimum absolute atomic E-state index is 0.103. The van der Waals surface area contributed by atoms with Gasteiger partial charge in [-0.3, -0.25) is 14.5 Å². The molecule has 0 aliphatic carbocycles. The van der Waals surface area contributed by atoms with Crippen molar-refractivity contribution in [2.45, 2.75) is 19.9 Å². The molecule has 0 saturated carbocycles. The van der Waals surface area contributed by atoms with E-state index in [0.717, 1.165) is 0 Å². The summed E-state index contributed by atoms with van der Waals surface area (Å²) in [6, 6.07) is 18.0. The Morgan fingerprint density at radius 3 is 2.43 bits per heavy atom. The average Bonchev–Trinajstić information content (AvgIpc) is 3.13. The van der Waals surface area contributed by atoms with Crippen molar-refractivity contribution in [2.75, 3.05) is 18.6 Å². The molecule has 3 aromatic carbocycles. The molecule has 1 aliphatic heterocycles. The van der Waals surface area contributed by atoms with Gasteiger partial charge in [-0.15, -0.1) is 0 Å². The standard InChI is InChI=1S/C28H26FNO5/c1-17(2)16-35-23-12-5-8-19(14-23)26(31)24-25(18-7-4-11-22(13-18)34-3)30(28(33)27(24)32)21-10-6-9-20(29)15-21/h4-15,17,25,31H,16H2,1-3H3/b26-24+. The van der Waals surface area contributed by atoms with Crippen molar-refractivity contribution < 1.29 is 28.6 Å². The Labute approximate surface area is 203 Å². The number of carbonyl (C=O) groups excluding carboxylic acids is 2. The van der Waals surface area contributed by atoms with E-state index in [1.807, 2.05) is 13.8 Å². The third-order valence-corrected chi connectivity index (χ3v) is 5.63. The third kappa shape index (κ3) is 4.89. The Bertz CT molecular complexity index is 1300. The van der Waals surface area contributed by atoms with Gasteiger partial charge < -0.3 is 14.6 Å². The summed E-state index contributed by atoms with van der Waals surface area (Å²) in [5.41, 5.74) is 0.958. The summed E-state index contributed by atoms with van der Waals surface area (Å²) in [7, 11) is 1.51. The normalized spacial score (nSPS) is 17.2. The largest absolute Gasteiger partial charge is 0.507 e. The van der Waals surface area contributed by atoms with Gasteiger partial charge in [-0.1, -0.05) is 44.2 Å². The maximum absolute atomic E-state index is 14.1. The number of anilines is 1. The van der Waals surface area contributed by atoms with E-state index in [1.165, 1.54) is 30.2 Å². The van der Waals surface area contributed by atoms with Gasteiger partial charge in [0.15, 0.2) is 0 Å². The summed E-state index contributed by atoms with van der Waals surface area (Å²) in [6.07, 6.45) is 0. The first kappa shape index (κ1) is 24.0. The molecule has 1 atom stereocenters. The molecule has 1 saturated heterocycles. The van der Waals surface area contributed by atoms with Crippen LogP contribution in [0.2, 0.25) is 0 Å². The number of carbonyl (C=O) groups is 2. The maximum Gasteiger partial charge on any atom is 0.300 e. The van der Waals surface area contributed by atoms with E-state index in [9.17, 15) is 19.1 Å². The molecule has 3 aromatic rings. The lowest BCUT2D eigenvalue weighted by Gasteiger charge is -2.25. The summed E-state index contributed by atoms with van der Waals surface area (Å²) < 4.78 is 25.2. The van der Waals surface area contributed by atoms with E-state index in [4.69, 9.17) is 9.47 Å². The van der Waals surface area contributed by atoms with Crippen molar-refractivity contribution in [3.8, 4) is 11.5 Å². The van der Waals surface area contributed by atoms with Crippen molar-refractivity contribution >= 4 is 23.1 Å². The number of amides is 1. The molecule has 0 radical (unpaired) electrons. The summed E-state index contributed by atoms with van der Waals surface area (Å²) in [5.74, 6) is -1.28. The second kappa shape index (κ2) is 10.0. The Balaban J connectivity index is 1.88. The molecule has 4 rings (SSSR count). The number of aliphatic hydroxyl groups excluding tert-OH is 1. The Morgan fingerprint density at radius 2 is 1.71 bits per heavy atom. The highest BCUT2D eigenvalue weighted by atomic mass is 19.1. The highest BCUT2D eigenvalue weighted by Gasteiger charge is 2.47. The van der Waals surface area contributed by atoms with Crippen LogP contribution in [0.1, 0.15) is 31.0 Å². The monoisotopic (exact) mass is 475 g/mol. The highest BCUT2D eigenvalue weighted by Crippen LogP contribution is 2.43.